The highest BCUT2D eigenvalue weighted by atomic mass is 32.2. The van der Waals surface area contributed by atoms with Gasteiger partial charge >= 0.3 is 5.97 Å². The fraction of sp³-hybridized carbons (Fsp3) is 0.312. The van der Waals surface area contributed by atoms with Crippen molar-refractivity contribution >= 4 is 35.0 Å². The van der Waals surface area contributed by atoms with Gasteiger partial charge < -0.3 is 14.2 Å². The van der Waals surface area contributed by atoms with Crippen molar-refractivity contribution in [1.82, 2.24) is 4.90 Å². The highest BCUT2D eigenvalue weighted by molar-refractivity contribution is 8.18. The highest BCUT2D eigenvalue weighted by Crippen LogP contribution is 2.36. The Bertz CT molecular complexity index is 744. The molecule has 0 radical (unpaired) electrons. The number of amides is 2. The van der Waals surface area contributed by atoms with Gasteiger partial charge in [-0.1, -0.05) is 6.07 Å². The summed E-state index contributed by atoms with van der Waals surface area (Å²) in [5.74, 6) is 0.0821. The maximum Gasteiger partial charge on any atom is 0.328 e. The van der Waals surface area contributed by atoms with Gasteiger partial charge in [0.15, 0.2) is 11.5 Å². The van der Waals surface area contributed by atoms with Crippen LogP contribution in [0.1, 0.15) is 12.5 Å². The Morgan fingerprint density at radius 2 is 2.00 bits per heavy atom. The molecule has 1 saturated heterocycles. The summed E-state index contributed by atoms with van der Waals surface area (Å²) in [5, 5.41) is -0.498. The molecule has 1 fully saturated rings. The largest absolute Gasteiger partial charge is 0.486 e. The Labute approximate surface area is 142 Å². The van der Waals surface area contributed by atoms with E-state index >= 15 is 0 Å². The van der Waals surface area contributed by atoms with Gasteiger partial charge in [-0.25, -0.2) is 4.79 Å². The first kappa shape index (κ1) is 16.4. The number of fused-ring (bicyclic) bond motifs is 1. The summed E-state index contributed by atoms with van der Waals surface area (Å²) in [5.41, 5.74) is 0.704. The van der Waals surface area contributed by atoms with Gasteiger partial charge in [0.2, 0.25) is 0 Å². The molecule has 1 aromatic carbocycles. The second kappa shape index (κ2) is 6.56. The van der Waals surface area contributed by atoms with Crippen LogP contribution in [0.25, 0.3) is 6.08 Å². The SMILES string of the molecule is COC(=O)[C@@H](C)N1C(=O)S/C(=C\c2ccc3c(c2)OCCO3)C1=O. The van der Waals surface area contributed by atoms with Crippen molar-refractivity contribution in [1.29, 1.82) is 0 Å². The van der Waals surface area contributed by atoms with Gasteiger partial charge in [-0.05, 0) is 42.5 Å². The molecule has 2 heterocycles. The molecule has 0 unspecified atom stereocenters. The second-order valence-corrected chi connectivity index (χ2v) is 6.15. The van der Waals surface area contributed by atoms with Crippen LogP contribution in [0.5, 0.6) is 11.5 Å². The molecule has 0 spiro atoms. The zero-order valence-electron chi connectivity index (χ0n) is 13.1. The number of thioether (sulfide) groups is 1. The highest BCUT2D eigenvalue weighted by Gasteiger charge is 2.41. The molecule has 0 bridgehead atoms. The maximum absolute atomic E-state index is 12.4. The van der Waals surface area contributed by atoms with E-state index in [1.165, 1.54) is 14.0 Å². The minimum atomic E-state index is -0.964. The maximum atomic E-state index is 12.4. The van der Waals surface area contributed by atoms with Crippen molar-refractivity contribution < 1.29 is 28.6 Å². The number of rotatable bonds is 3. The van der Waals surface area contributed by atoms with Gasteiger partial charge in [0.1, 0.15) is 19.3 Å². The van der Waals surface area contributed by atoms with E-state index in [2.05, 4.69) is 4.74 Å². The predicted octanol–water partition coefficient (Wildman–Crippen LogP) is 2.06. The van der Waals surface area contributed by atoms with Crippen LogP contribution in [0, 0.1) is 0 Å². The third-order valence-electron chi connectivity index (χ3n) is 3.62. The Hall–Kier alpha value is -2.48. The molecule has 7 nitrogen and oxygen atoms in total. The van der Waals surface area contributed by atoms with Crippen LogP contribution in [0.15, 0.2) is 23.1 Å². The van der Waals surface area contributed by atoms with Crippen molar-refractivity contribution in [2.45, 2.75) is 13.0 Å². The fourth-order valence-electron chi connectivity index (χ4n) is 2.39. The summed E-state index contributed by atoms with van der Waals surface area (Å²) in [4.78, 5) is 37.2. The van der Waals surface area contributed by atoms with Crippen molar-refractivity contribution in [2.75, 3.05) is 20.3 Å². The van der Waals surface area contributed by atoms with Crippen molar-refractivity contribution in [3.05, 3.63) is 28.7 Å². The normalized spacial score (nSPS) is 19.6. The van der Waals surface area contributed by atoms with E-state index in [1.807, 2.05) is 0 Å². The number of methoxy groups -OCH3 is 1. The number of benzene rings is 1. The molecule has 0 aromatic heterocycles. The van der Waals surface area contributed by atoms with Crippen LogP contribution in [-0.4, -0.2) is 48.4 Å². The number of hydrogen-bond acceptors (Lipinski definition) is 7. The summed E-state index contributed by atoms with van der Waals surface area (Å²) in [6.07, 6.45) is 1.59. The molecule has 0 aliphatic carbocycles. The molecule has 126 valence electrons. The zero-order valence-corrected chi connectivity index (χ0v) is 13.9. The molecular formula is C16H15NO6S. The molecule has 2 amide bonds. The molecule has 1 atom stereocenters. The van der Waals surface area contributed by atoms with E-state index < -0.39 is 23.2 Å². The van der Waals surface area contributed by atoms with Gasteiger partial charge in [0.05, 0.1) is 12.0 Å². The number of esters is 1. The molecule has 1 aromatic rings. The molecule has 2 aliphatic heterocycles. The number of hydrogen-bond donors (Lipinski definition) is 0. The summed E-state index contributed by atoms with van der Waals surface area (Å²) in [6.45, 7) is 2.41. The smallest absolute Gasteiger partial charge is 0.328 e. The molecule has 3 rings (SSSR count). The third-order valence-corrected chi connectivity index (χ3v) is 4.50. The second-order valence-electron chi connectivity index (χ2n) is 5.15. The van der Waals surface area contributed by atoms with Crippen LogP contribution >= 0.6 is 11.8 Å². The lowest BCUT2D eigenvalue weighted by Crippen LogP contribution is -2.42. The number of imide groups is 1. The molecular weight excluding hydrogens is 334 g/mol. The third kappa shape index (κ3) is 2.96. The molecule has 2 aliphatic rings. The predicted molar refractivity (Wildman–Crippen MR) is 86.7 cm³/mol. The average Bonchev–Trinajstić information content (AvgIpc) is 2.87. The van der Waals surface area contributed by atoms with E-state index in [-0.39, 0.29) is 4.91 Å². The Morgan fingerprint density at radius 1 is 1.29 bits per heavy atom. The molecule has 24 heavy (non-hydrogen) atoms. The first-order valence-electron chi connectivity index (χ1n) is 7.26. The standard InChI is InChI=1S/C16H15NO6S/c1-9(15(19)21-2)17-14(18)13(24-16(17)20)8-10-3-4-11-12(7-10)23-6-5-22-11/h3-4,7-9H,5-6H2,1-2H3/b13-8-/t9-/m1/s1. The minimum absolute atomic E-state index is 0.243. The number of carbonyl (C=O) groups excluding carboxylic acids is 3. The van der Waals surface area contributed by atoms with E-state index in [0.29, 0.717) is 30.3 Å². The first-order chi connectivity index (χ1) is 11.5. The quantitative estimate of drug-likeness (QED) is 0.610. The van der Waals surface area contributed by atoms with Crippen LogP contribution in [0.2, 0.25) is 0 Å². The first-order valence-corrected chi connectivity index (χ1v) is 8.07. The van der Waals surface area contributed by atoms with E-state index in [4.69, 9.17) is 9.47 Å². The molecule has 0 N–H and O–H groups in total. The molecule has 0 saturated carbocycles. The summed E-state index contributed by atoms with van der Waals surface area (Å²) < 4.78 is 15.5. The van der Waals surface area contributed by atoms with Crippen molar-refractivity contribution in [2.24, 2.45) is 0 Å². The number of nitrogens with zero attached hydrogens (tertiary/aromatic N) is 1. The van der Waals surface area contributed by atoms with Gasteiger partial charge in [0.25, 0.3) is 11.1 Å². The Morgan fingerprint density at radius 3 is 2.71 bits per heavy atom. The Kier molecular flexibility index (Phi) is 4.48. The average molecular weight is 349 g/mol. The van der Waals surface area contributed by atoms with Crippen molar-refractivity contribution in [3.8, 4) is 11.5 Å². The zero-order chi connectivity index (χ0) is 17.3. The van der Waals surface area contributed by atoms with Crippen LogP contribution in [0.4, 0.5) is 4.79 Å². The van der Waals surface area contributed by atoms with Gasteiger partial charge in [-0.2, -0.15) is 0 Å². The lowest BCUT2D eigenvalue weighted by molar-refractivity contribution is -0.148. The Balaban J connectivity index is 1.85. The molecule has 8 heteroatoms. The van der Waals surface area contributed by atoms with Crippen molar-refractivity contribution in [3.63, 3.8) is 0 Å². The van der Waals surface area contributed by atoms with Gasteiger partial charge in [0, 0.05) is 0 Å². The summed E-state index contributed by atoms with van der Waals surface area (Å²) in [7, 11) is 1.21. The minimum Gasteiger partial charge on any atom is -0.486 e. The van der Waals surface area contributed by atoms with E-state index in [1.54, 1.807) is 24.3 Å². The van der Waals surface area contributed by atoms with E-state index in [9.17, 15) is 14.4 Å². The number of ether oxygens (including phenoxy) is 3. The number of carbonyl (C=O) groups is 3. The fourth-order valence-corrected chi connectivity index (χ4v) is 3.30. The lowest BCUT2D eigenvalue weighted by atomic mass is 10.1. The monoisotopic (exact) mass is 349 g/mol. The van der Waals surface area contributed by atoms with E-state index in [0.717, 1.165) is 16.7 Å². The van der Waals surface area contributed by atoms with Crippen LogP contribution in [-0.2, 0) is 14.3 Å². The van der Waals surface area contributed by atoms with Gasteiger partial charge in [-0.3, -0.25) is 14.5 Å². The lowest BCUT2D eigenvalue weighted by Gasteiger charge is -2.19. The summed E-state index contributed by atoms with van der Waals surface area (Å²) >= 11 is 0.789. The van der Waals surface area contributed by atoms with Crippen LogP contribution in [0.3, 0.4) is 0 Å². The summed E-state index contributed by atoms with van der Waals surface area (Å²) in [6, 6.07) is 4.30. The van der Waals surface area contributed by atoms with Gasteiger partial charge in [-0.15, -0.1) is 0 Å². The topological polar surface area (TPSA) is 82.1 Å². The van der Waals surface area contributed by atoms with Crippen LogP contribution < -0.4 is 9.47 Å².